The number of hydrogen-bond acceptors (Lipinski definition) is 3. The van der Waals surface area contributed by atoms with E-state index in [1.807, 2.05) is 31.2 Å². The van der Waals surface area contributed by atoms with Crippen molar-refractivity contribution in [3.8, 4) is 0 Å². The predicted octanol–water partition coefficient (Wildman–Crippen LogP) is 2.13. The molecule has 24 heavy (non-hydrogen) atoms. The maximum Gasteiger partial charge on any atom is 0.268 e. The number of nitrogens with one attached hydrogen (secondary N) is 2. The van der Waals surface area contributed by atoms with Crippen molar-refractivity contribution in [2.75, 3.05) is 6.54 Å². The quantitative estimate of drug-likeness (QED) is 0.754. The SMILES string of the molecule is Cc1ccc(CNC(=O)CNC(=O)c2cc3occc3n2C)cc1. The third kappa shape index (κ3) is 3.32. The lowest BCUT2D eigenvalue weighted by Gasteiger charge is -2.08. The van der Waals surface area contributed by atoms with Crippen LogP contribution in [0, 0.1) is 6.92 Å². The van der Waals surface area contributed by atoms with Crippen LogP contribution in [0.2, 0.25) is 0 Å². The van der Waals surface area contributed by atoms with Gasteiger partial charge in [0.05, 0.1) is 18.3 Å². The smallest absolute Gasteiger partial charge is 0.268 e. The first kappa shape index (κ1) is 15.9. The molecule has 0 unspecified atom stereocenters. The second-order valence-electron chi connectivity index (χ2n) is 5.70. The van der Waals surface area contributed by atoms with Crippen LogP contribution < -0.4 is 10.6 Å². The topological polar surface area (TPSA) is 76.3 Å². The second kappa shape index (κ2) is 6.62. The van der Waals surface area contributed by atoms with Gasteiger partial charge in [0.2, 0.25) is 5.91 Å². The van der Waals surface area contributed by atoms with Crippen LogP contribution in [-0.2, 0) is 18.4 Å². The molecule has 2 aromatic heterocycles. The maximum absolute atomic E-state index is 12.2. The van der Waals surface area contributed by atoms with E-state index in [-0.39, 0.29) is 18.4 Å². The van der Waals surface area contributed by atoms with Crippen molar-refractivity contribution < 1.29 is 14.0 Å². The lowest BCUT2D eigenvalue weighted by Crippen LogP contribution is -2.37. The molecule has 0 saturated heterocycles. The molecular weight excluding hydrogens is 306 g/mol. The molecule has 2 heterocycles. The van der Waals surface area contributed by atoms with E-state index in [0.29, 0.717) is 17.8 Å². The number of nitrogens with zero attached hydrogens (tertiary/aromatic N) is 1. The van der Waals surface area contributed by atoms with Gasteiger partial charge in [-0.2, -0.15) is 0 Å². The van der Waals surface area contributed by atoms with Crippen LogP contribution in [-0.4, -0.2) is 22.9 Å². The van der Waals surface area contributed by atoms with E-state index >= 15 is 0 Å². The summed E-state index contributed by atoms with van der Waals surface area (Å²) in [5, 5.41) is 5.40. The molecule has 3 aromatic rings. The lowest BCUT2D eigenvalue weighted by molar-refractivity contribution is -0.120. The molecular formula is C18H19N3O3. The van der Waals surface area contributed by atoms with Crippen molar-refractivity contribution >= 4 is 22.9 Å². The molecule has 2 N–H and O–H groups in total. The molecule has 3 rings (SSSR count). The number of aromatic nitrogens is 1. The Labute approximate surface area is 139 Å². The third-order valence-corrected chi connectivity index (χ3v) is 3.92. The number of amides is 2. The molecule has 6 nitrogen and oxygen atoms in total. The average Bonchev–Trinajstić information content (AvgIpc) is 3.15. The molecule has 6 heteroatoms. The molecule has 2 amide bonds. The summed E-state index contributed by atoms with van der Waals surface area (Å²) in [6.07, 6.45) is 1.57. The lowest BCUT2D eigenvalue weighted by atomic mass is 10.1. The summed E-state index contributed by atoms with van der Waals surface area (Å²) in [5.41, 5.74) is 4.12. The largest absolute Gasteiger partial charge is 0.463 e. The van der Waals surface area contributed by atoms with Gasteiger partial charge in [-0.3, -0.25) is 9.59 Å². The fourth-order valence-electron chi connectivity index (χ4n) is 2.49. The van der Waals surface area contributed by atoms with E-state index in [9.17, 15) is 9.59 Å². The van der Waals surface area contributed by atoms with Crippen molar-refractivity contribution in [2.45, 2.75) is 13.5 Å². The van der Waals surface area contributed by atoms with Crippen LogP contribution in [0.1, 0.15) is 21.6 Å². The van der Waals surface area contributed by atoms with E-state index in [1.165, 1.54) is 5.56 Å². The minimum absolute atomic E-state index is 0.0722. The van der Waals surface area contributed by atoms with E-state index in [0.717, 1.165) is 11.1 Å². The summed E-state index contributed by atoms with van der Waals surface area (Å²) in [6.45, 7) is 2.38. The number of aryl methyl sites for hydroxylation is 2. The minimum Gasteiger partial charge on any atom is -0.463 e. The first-order valence-electron chi connectivity index (χ1n) is 7.68. The summed E-state index contributed by atoms with van der Waals surface area (Å²) in [4.78, 5) is 24.1. The zero-order chi connectivity index (χ0) is 17.1. The molecule has 0 bridgehead atoms. The number of benzene rings is 1. The summed E-state index contributed by atoms with van der Waals surface area (Å²) in [7, 11) is 1.78. The number of fused-ring (bicyclic) bond motifs is 1. The van der Waals surface area contributed by atoms with Crippen molar-refractivity contribution in [2.24, 2.45) is 7.05 Å². The van der Waals surface area contributed by atoms with Crippen LogP contribution in [0.15, 0.2) is 47.1 Å². The molecule has 0 atom stereocenters. The van der Waals surface area contributed by atoms with E-state index in [1.54, 1.807) is 30.0 Å². The first-order chi connectivity index (χ1) is 11.5. The molecule has 0 saturated carbocycles. The first-order valence-corrected chi connectivity index (χ1v) is 7.68. The van der Waals surface area contributed by atoms with Crippen LogP contribution in [0.3, 0.4) is 0 Å². The highest BCUT2D eigenvalue weighted by atomic mass is 16.3. The van der Waals surface area contributed by atoms with Gasteiger partial charge < -0.3 is 19.6 Å². The van der Waals surface area contributed by atoms with Crippen molar-refractivity contribution in [3.05, 3.63) is 59.5 Å². The van der Waals surface area contributed by atoms with Crippen LogP contribution >= 0.6 is 0 Å². The van der Waals surface area contributed by atoms with Crippen LogP contribution in [0.5, 0.6) is 0 Å². The van der Waals surface area contributed by atoms with E-state index in [4.69, 9.17) is 4.42 Å². The maximum atomic E-state index is 12.2. The Hall–Kier alpha value is -3.02. The Morgan fingerprint density at radius 3 is 2.58 bits per heavy atom. The summed E-state index contributed by atoms with van der Waals surface area (Å²) < 4.78 is 7.01. The van der Waals surface area contributed by atoms with Gasteiger partial charge in [-0.15, -0.1) is 0 Å². The van der Waals surface area contributed by atoms with Crippen LogP contribution in [0.4, 0.5) is 0 Å². The molecule has 0 aliphatic carbocycles. The van der Waals surface area contributed by atoms with Gasteiger partial charge in [0.1, 0.15) is 5.69 Å². The summed E-state index contributed by atoms with van der Waals surface area (Å²) in [6, 6.07) is 11.4. The Balaban J connectivity index is 1.52. The summed E-state index contributed by atoms with van der Waals surface area (Å²) in [5.74, 6) is -0.545. The van der Waals surface area contributed by atoms with Crippen molar-refractivity contribution in [3.63, 3.8) is 0 Å². The van der Waals surface area contributed by atoms with Gasteiger partial charge >= 0.3 is 0 Å². The highest BCUT2D eigenvalue weighted by Gasteiger charge is 2.15. The standard InChI is InChI=1S/C18H19N3O3/c1-12-3-5-13(6-4-12)10-19-17(22)11-20-18(23)15-9-16-14(21(15)2)7-8-24-16/h3-9H,10-11H2,1-2H3,(H,19,22)(H,20,23). The van der Waals surface area contributed by atoms with E-state index < -0.39 is 0 Å². The normalized spacial score (nSPS) is 10.8. The fraction of sp³-hybridized carbons (Fsp3) is 0.222. The van der Waals surface area contributed by atoms with Crippen LogP contribution in [0.25, 0.3) is 11.1 Å². The Morgan fingerprint density at radius 2 is 1.88 bits per heavy atom. The van der Waals surface area contributed by atoms with Gasteiger partial charge in [-0.05, 0) is 12.5 Å². The molecule has 0 fully saturated rings. The minimum atomic E-state index is -0.311. The third-order valence-electron chi connectivity index (χ3n) is 3.92. The molecule has 0 radical (unpaired) electrons. The Bertz CT molecular complexity index is 875. The predicted molar refractivity (Wildman–Crippen MR) is 90.5 cm³/mol. The second-order valence-corrected chi connectivity index (χ2v) is 5.70. The van der Waals surface area contributed by atoms with Gasteiger partial charge in [0.15, 0.2) is 5.58 Å². The molecule has 124 valence electrons. The highest BCUT2D eigenvalue weighted by molar-refractivity contribution is 5.99. The van der Waals surface area contributed by atoms with E-state index in [2.05, 4.69) is 10.6 Å². The number of furan rings is 1. The molecule has 1 aromatic carbocycles. The van der Waals surface area contributed by atoms with Crippen molar-refractivity contribution in [1.82, 2.24) is 15.2 Å². The molecule has 0 aliphatic rings. The number of rotatable bonds is 5. The van der Waals surface area contributed by atoms with Gasteiger partial charge in [-0.25, -0.2) is 0 Å². The molecule has 0 aliphatic heterocycles. The van der Waals surface area contributed by atoms with Gasteiger partial charge in [0, 0.05) is 25.7 Å². The summed E-state index contributed by atoms with van der Waals surface area (Å²) >= 11 is 0. The number of hydrogen-bond donors (Lipinski definition) is 2. The number of carbonyl (C=O) groups excluding carboxylic acids is 2. The van der Waals surface area contributed by atoms with Crippen molar-refractivity contribution in [1.29, 1.82) is 0 Å². The molecule has 0 spiro atoms. The average molecular weight is 325 g/mol. The Kier molecular flexibility index (Phi) is 4.37. The fourth-order valence-corrected chi connectivity index (χ4v) is 2.49. The zero-order valence-corrected chi connectivity index (χ0v) is 13.6. The Morgan fingerprint density at radius 1 is 1.12 bits per heavy atom. The monoisotopic (exact) mass is 325 g/mol. The highest BCUT2D eigenvalue weighted by Crippen LogP contribution is 2.19. The zero-order valence-electron chi connectivity index (χ0n) is 13.6. The van der Waals surface area contributed by atoms with Gasteiger partial charge in [0.25, 0.3) is 5.91 Å². The number of carbonyl (C=O) groups is 2. The van der Waals surface area contributed by atoms with Gasteiger partial charge in [-0.1, -0.05) is 29.8 Å².